The van der Waals surface area contributed by atoms with Crippen LogP contribution in [0.3, 0.4) is 0 Å². The van der Waals surface area contributed by atoms with E-state index in [0.29, 0.717) is 18.1 Å². The van der Waals surface area contributed by atoms with Crippen molar-refractivity contribution in [2.75, 3.05) is 6.61 Å². The molecule has 94 valence electrons. The van der Waals surface area contributed by atoms with Crippen LogP contribution in [0, 0.1) is 17.8 Å². The maximum atomic E-state index is 11.5. The monoisotopic (exact) mass is 242 g/mol. The van der Waals surface area contributed by atoms with Crippen molar-refractivity contribution in [2.24, 2.45) is 5.92 Å². The standard InChI is InChI=1S/C16H18O2/c1-2-18-16(17)15-11-9-14(10-12-15)8-7-13-5-3-4-6-13/h9-13H,2-6H2,1H3. The van der Waals surface area contributed by atoms with Crippen LogP contribution < -0.4 is 0 Å². The molecule has 0 heterocycles. The molecule has 0 aromatic heterocycles. The van der Waals surface area contributed by atoms with Gasteiger partial charge >= 0.3 is 5.97 Å². The first-order valence-electron chi connectivity index (χ1n) is 6.58. The van der Waals surface area contributed by atoms with Gasteiger partial charge < -0.3 is 4.74 Å². The van der Waals surface area contributed by atoms with Crippen LogP contribution in [0.4, 0.5) is 0 Å². The number of esters is 1. The summed E-state index contributed by atoms with van der Waals surface area (Å²) in [5.41, 5.74) is 1.55. The predicted octanol–water partition coefficient (Wildman–Crippen LogP) is 3.41. The van der Waals surface area contributed by atoms with Crippen molar-refractivity contribution in [1.29, 1.82) is 0 Å². The van der Waals surface area contributed by atoms with Crippen molar-refractivity contribution in [2.45, 2.75) is 32.6 Å². The Morgan fingerprint density at radius 3 is 2.56 bits per heavy atom. The fourth-order valence-corrected chi connectivity index (χ4v) is 2.16. The van der Waals surface area contributed by atoms with E-state index in [9.17, 15) is 4.79 Å². The van der Waals surface area contributed by atoms with Crippen molar-refractivity contribution in [3.63, 3.8) is 0 Å². The molecule has 1 aromatic carbocycles. The van der Waals surface area contributed by atoms with E-state index in [4.69, 9.17) is 4.74 Å². The van der Waals surface area contributed by atoms with Crippen LogP contribution in [0.15, 0.2) is 24.3 Å². The number of hydrogen-bond donors (Lipinski definition) is 0. The Kier molecular flexibility index (Phi) is 4.41. The highest BCUT2D eigenvalue weighted by Gasteiger charge is 2.11. The second kappa shape index (κ2) is 6.26. The number of carbonyl (C=O) groups excluding carboxylic acids is 1. The molecular weight excluding hydrogens is 224 g/mol. The number of ether oxygens (including phenoxy) is 1. The van der Waals surface area contributed by atoms with Crippen LogP contribution >= 0.6 is 0 Å². The molecule has 2 heteroatoms. The molecule has 1 fully saturated rings. The summed E-state index contributed by atoms with van der Waals surface area (Å²) in [4.78, 5) is 11.5. The molecule has 0 saturated heterocycles. The first-order valence-corrected chi connectivity index (χ1v) is 6.58. The van der Waals surface area contributed by atoms with E-state index in [1.54, 1.807) is 19.1 Å². The van der Waals surface area contributed by atoms with Crippen LogP contribution in [0.25, 0.3) is 0 Å². The molecule has 0 radical (unpaired) electrons. The second-order valence-corrected chi connectivity index (χ2v) is 4.55. The normalized spacial score (nSPS) is 14.9. The van der Waals surface area contributed by atoms with Crippen LogP contribution in [0.1, 0.15) is 48.5 Å². The largest absolute Gasteiger partial charge is 0.462 e. The maximum Gasteiger partial charge on any atom is 0.338 e. The molecule has 0 unspecified atom stereocenters. The summed E-state index contributed by atoms with van der Waals surface area (Å²) in [5.74, 6) is 6.78. The van der Waals surface area contributed by atoms with Gasteiger partial charge in [-0.2, -0.15) is 0 Å². The fraction of sp³-hybridized carbons (Fsp3) is 0.438. The molecule has 18 heavy (non-hydrogen) atoms. The van der Waals surface area contributed by atoms with E-state index < -0.39 is 0 Å². The summed E-state index contributed by atoms with van der Waals surface area (Å²) >= 11 is 0. The molecule has 2 nitrogen and oxygen atoms in total. The summed E-state index contributed by atoms with van der Waals surface area (Å²) in [6, 6.07) is 7.32. The average Bonchev–Trinajstić information content (AvgIpc) is 2.90. The van der Waals surface area contributed by atoms with E-state index in [1.807, 2.05) is 12.1 Å². The van der Waals surface area contributed by atoms with Gasteiger partial charge in [0.1, 0.15) is 0 Å². The predicted molar refractivity (Wildman–Crippen MR) is 71.2 cm³/mol. The number of benzene rings is 1. The van der Waals surface area contributed by atoms with Crippen molar-refractivity contribution < 1.29 is 9.53 Å². The summed E-state index contributed by atoms with van der Waals surface area (Å²) in [6.45, 7) is 2.21. The first kappa shape index (κ1) is 12.7. The molecule has 0 bridgehead atoms. The van der Waals surface area contributed by atoms with Gasteiger partial charge in [-0.1, -0.05) is 24.7 Å². The number of rotatable bonds is 2. The van der Waals surface area contributed by atoms with Crippen molar-refractivity contribution in [1.82, 2.24) is 0 Å². The molecule has 1 saturated carbocycles. The minimum absolute atomic E-state index is 0.271. The highest BCUT2D eigenvalue weighted by atomic mass is 16.5. The summed E-state index contributed by atoms with van der Waals surface area (Å²) in [6.07, 6.45) is 5.07. The van der Waals surface area contributed by atoms with Gasteiger partial charge in [-0.3, -0.25) is 0 Å². The first-order chi connectivity index (χ1) is 8.79. The third kappa shape index (κ3) is 3.37. The molecule has 1 aliphatic rings. The summed E-state index contributed by atoms with van der Waals surface area (Å²) in [5, 5.41) is 0. The van der Waals surface area contributed by atoms with Gasteiger partial charge in [0.2, 0.25) is 0 Å². The van der Waals surface area contributed by atoms with E-state index in [0.717, 1.165) is 5.56 Å². The Balaban J connectivity index is 2.00. The van der Waals surface area contributed by atoms with Gasteiger partial charge in [0, 0.05) is 11.5 Å². The highest BCUT2D eigenvalue weighted by Crippen LogP contribution is 2.23. The zero-order chi connectivity index (χ0) is 12.8. The van der Waals surface area contributed by atoms with Crippen LogP contribution in [0.2, 0.25) is 0 Å². The molecule has 1 aliphatic carbocycles. The van der Waals surface area contributed by atoms with Crippen LogP contribution in [0.5, 0.6) is 0 Å². The molecule has 0 spiro atoms. The lowest BCUT2D eigenvalue weighted by atomic mass is 10.1. The molecule has 0 atom stereocenters. The Morgan fingerprint density at radius 2 is 1.94 bits per heavy atom. The van der Waals surface area contributed by atoms with Crippen molar-refractivity contribution >= 4 is 5.97 Å². The molecule has 0 aliphatic heterocycles. The lowest BCUT2D eigenvalue weighted by Crippen LogP contribution is -2.04. The minimum Gasteiger partial charge on any atom is -0.462 e. The molecule has 1 aromatic rings. The lowest BCUT2D eigenvalue weighted by molar-refractivity contribution is 0.0526. The maximum absolute atomic E-state index is 11.5. The molecule has 2 rings (SSSR count). The Morgan fingerprint density at radius 1 is 1.28 bits per heavy atom. The zero-order valence-corrected chi connectivity index (χ0v) is 10.7. The summed E-state index contributed by atoms with van der Waals surface area (Å²) < 4.78 is 4.93. The van der Waals surface area contributed by atoms with E-state index >= 15 is 0 Å². The van der Waals surface area contributed by atoms with Gasteiger partial charge in [-0.05, 0) is 44.0 Å². The minimum atomic E-state index is -0.271. The van der Waals surface area contributed by atoms with Gasteiger partial charge in [-0.25, -0.2) is 4.79 Å². The molecule has 0 amide bonds. The van der Waals surface area contributed by atoms with Crippen molar-refractivity contribution in [3.05, 3.63) is 35.4 Å². The molecule has 0 N–H and O–H groups in total. The lowest BCUT2D eigenvalue weighted by Gasteiger charge is -2.01. The van der Waals surface area contributed by atoms with Crippen molar-refractivity contribution in [3.8, 4) is 11.8 Å². The second-order valence-electron chi connectivity index (χ2n) is 4.55. The van der Waals surface area contributed by atoms with E-state index in [1.165, 1.54) is 25.7 Å². The van der Waals surface area contributed by atoms with Gasteiger partial charge in [0.05, 0.1) is 12.2 Å². The molecular formula is C16H18O2. The average molecular weight is 242 g/mol. The van der Waals surface area contributed by atoms with Gasteiger partial charge in [0.25, 0.3) is 0 Å². The topological polar surface area (TPSA) is 26.3 Å². The highest BCUT2D eigenvalue weighted by molar-refractivity contribution is 5.89. The number of hydrogen-bond acceptors (Lipinski definition) is 2. The Hall–Kier alpha value is -1.75. The Labute approximate surface area is 108 Å². The third-order valence-electron chi connectivity index (χ3n) is 3.17. The van der Waals surface area contributed by atoms with Crippen LogP contribution in [-0.2, 0) is 4.74 Å². The summed E-state index contributed by atoms with van der Waals surface area (Å²) in [7, 11) is 0. The fourth-order valence-electron chi connectivity index (χ4n) is 2.16. The Bertz CT molecular complexity index is 456. The smallest absolute Gasteiger partial charge is 0.338 e. The quantitative estimate of drug-likeness (QED) is 0.587. The SMILES string of the molecule is CCOC(=O)c1ccc(C#CC2CCCC2)cc1. The van der Waals surface area contributed by atoms with Gasteiger partial charge in [0.15, 0.2) is 0 Å². The zero-order valence-electron chi connectivity index (χ0n) is 10.7. The third-order valence-corrected chi connectivity index (χ3v) is 3.17. The van der Waals surface area contributed by atoms with E-state index in [2.05, 4.69) is 11.8 Å². The number of carbonyl (C=O) groups is 1. The van der Waals surface area contributed by atoms with Crippen LogP contribution in [-0.4, -0.2) is 12.6 Å². The van der Waals surface area contributed by atoms with E-state index in [-0.39, 0.29) is 5.97 Å². The van der Waals surface area contributed by atoms with Gasteiger partial charge in [-0.15, -0.1) is 0 Å².